The smallest absolute Gasteiger partial charge is 0.211 e. The number of sulfonamides is 1. The molecule has 2 N–H and O–H groups in total. The largest absolute Gasteiger partial charge is 0.320 e. The summed E-state index contributed by atoms with van der Waals surface area (Å²) in [6.07, 6.45) is 2.49. The summed E-state index contributed by atoms with van der Waals surface area (Å²) in [5, 5.41) is 2.96. The zero-order chi connectivity index (χ0) is 10.2. The van der Waals surface area contributed by atoms with Crippen LogP contribution in [0.1, 0.15) is 26.2 Å². The van der Waals surface area contributed by atoms with Crippen LogP contribution in [0.15, 0.2) is 0 Å². The van der Waals surface area contributed by atoms with Crippen molar-refractivity contribution in [1.82, 2.24) is 10.0 Å². The molecule has 0 bridgehead atoms. The van der Waals surface area contributed by atoms with Crippen LogP contribution in [0.25, 0.3) is 0 Å². The SMILES string of the molecule is CCCCS(=O)(=O)NCCCNC.Cl. The molecule has 0 aromatic carbocycles. The van der Waals surface area contributed by atoms with Crippen molar-refractivity contribution in [3.63, 3.8) is 0 Å². The molecule has 0 rings (SSSR count). The van der Waals surface area contributed by atoms with Gasteiger partial charge in [-0.2, -0.15) is 0 Å². The van der Waals surface area contributed by atoms with Crippen LogP contribution in [0.4, 0.5) is 0 Å². The van der Waals surface area contributed by atoms with Crippen LogP contribution in [0, 0.1) is 0 Å². The summed E-state index contributed by atoms with van der Waals surface area (Å²) in [7, 11) is -1.15. The van der Waals surface area contributed by atoms with Gasteiger partial charge in [0.25, 0.3) is 0 Å². The first kappa shape index (κ1) is 16.6. The fourth-order valence-corrected chi connectivity index (χ4v) is 2.17. The van der Waals surface area contributed by atoms with Crippen molar-refractivity contribution < 1.29 is 8.42 Å². The maximum absolute atomic E-state index is 11.2. The molecule has 0 spiro atoms. The molecule has 0 radical (unpaired) electrons. The molecule has 0 aromatic rings. The molecule has 0 aliphatic carbocycles. The lowest BCUT2D eigenvalue weighted by Gasteiger charge is -2.05. The molecule has 0 fully saturated rings. The first-order valence-electron chi connectivity index (χ1n) is 4.74. The average Bonchev–Trinajstić information content (AvgIpc) is 2.09. The van der Waals surface area contributed by atoms with E-state index in [4.69, 9.17) is 0 Å². The van der Waals surface area contributed by atoms with Gasteiger partial charge in [-0.15, -0.1) is 12.4 Å². The van der Waals surface area contributed by atoms with Gasteiger partial charge in [0.2, 0.25) is 10.0 Å². The van der Waals surface area contributed by atoms with Crippen molar-refractivity contribution in [2.45, 2.75) is 26.2 Å². The Bertz CT molecular complexity index is 207. The van der Waals surface area contributed by atoms with E-state index in [1.54, 1.807) is 0 Å². The van der Waals surface area contributed by atoms with Gasteiger partial charge in [0.15, 0.2) is 0 Å². The second kappa shape index (κ2) is 9.71. The monoisotopic (exact) mass is 244 g/mol. The third-order valence-electron chi connectivity index (χ3n) is 1.69. The summed E-state index contributed by atoms with van der Waals surface area (Å²) in [6.45, 7) is 3.36. The van der Waals surface area contributed by atoms with Gasteiger partial charge in [-0.3, -0.25) is 0 Å². The Balaban J connectivity index is 0. The highest BCUT2D eigenvalue weighted by molar-refractivity contribution is 7.89. The summed E-state index contributed by atoms with van der Waals surface area (Å²) < 4.78 is 25.0. The molecular weight excluding hydrogens is 224 g/mol. The van der Waals surface area contributed by atoms with E-state index in [1.165, 1.54) is 0 Å². The molecule has 0 aromatic heterocycles. The molecule has 0 atom stereocenters. The van der Waals surface area contributed by atoms with Crippen molar-refractivity contribution in [2.75, 3.05) is 25.9 Å². The third kappa shape index (κ3) is 10.2. The van der Waals surface area contributed by atoms with Crippen molar-refractivity contribution in [3.05, 3.63) is 0 Å². The zero-order valence-corrected chi connectivity index (χ0v) is 10.5. The third-order valence-corrected chi connectivity index (χ3v) is 3.16. The summed E-state index contributed by atoms with van der Waals surface area (Å²) >= 11 is 0. The van der Waals surface area contributed by atoms with Gasteiger partial charge in [0.1, 0.15) is 0 Å². The quantitative estimate of drug-likeness (QED) is 0.620. The number of unbranched alkanes of at least 4 members (excludes halogenated alkanes) is 1. The van der Waals surface area contributed by atoms with E-state index in [0.717, 1.165) is 25.8 Å². The van der Waals surface area contributed by atoms with Crippen molar-refractivity contribution >= 4 is 22.4 Å². The molecular formula is C8H21ClN2O2S. The maximum Gasteiger partial charge on any atom is 0.211 e. The lowest BCUT2D eigenvalue weighted by molar-refractivity contribution is 0.574. The normalized spacial score (nSPS) is 11.0. The molecule has 0 aliphatic heterocycles. The highest BCUT2D eigenvalue weighted by Gasteiger charge is 2.07. The standard InChI is InChI=1S/C8H20N2O2S.ClH/c1-3-4-8-13(11,12)10-7-5-6-9-2;/h9-10H,3-8H2,1-2H3;1H. The van der Waals surface area contributed by atoms with Gasteiger partial charge in [-0.05, 0) is 26.4 Å². The van der Waals surface area contributed by atoms with E-state index >= 15 is 0 Å². The molecule has 88 valence electrons. The lowest BCUT2D eigenvalue weighted by atomic mass is 10.4. The lowest BCUT2D eigenvalue weighted by Crippen LogP contribution is -2.28. The van der Waals surface area contributed by atoms with Crippen LogP contribution >= 0.6 is 12.4 Å². The Morgan fingerprint density at radius 3 is 2.29 bits per heavy atom. The molecule has 6 heteroatoms. The molecule has 0 amide bonds. The van der Waals surface area contributed by atoms with Crippen LogP contribution in [0.2, 0.25) is 0 Å². The average molecular weight is 245 g/mol. The van der Waals surface area contributed by atoms with E-state index in [0.29, 0.717) is 6.54 Å². The summed E-state index contributed by atoms with van der Waals surface area (Å²) in [5.41, 5.74) is 0. The van der Waals surface area contributed by atoms with Crippen LogP contribution in [-0.2, 0) is 10.0 Å². The second-order valence-electron chi connectivity index (χ2n) is 3.02. The first-order valence-corrected chi connectivity index (χ1v) is 6.39. The van der Waals surface area contributed by atoms with Gasteiger partial charge in [0, 0.05) is 6.54 Å². The van der Waals surface area contributed by atoms with Crippen LogP contribution < -0.4 is 10.0 Å². The number of hydrogen-bond acceptors (Lipinski definition) is 3. The molecule has 0 unspecified atom stereocenters. The number of rotatable bonds is 8. The molecule has 0 heterocycles. The van der Waals surface area contributed by atoms with Crippen LogP contribution in [0.3, 0.4) is 0 Å². The Morgan fingerprint density at radius 1 is 1.14 bits per heavy atom. The predicted molar refractivity (Wildman–Crippen MR) is 62.5 cm³/mol. The highest BCUT2D eigenvalue weighted by atomic mass is 35.5. The highest BCUT2D eigenvalue weighted by Crippen LogP contribution is 1.93. The minimum Gasteiger partial charge on any atom is -0.320 e. The second-order valence-corrected chi connectivity index (χ2v) is 4.95. The molecule has 0 aliphatic rings. The van der Waals surface area contributed by atoms with E-state index in [2.05, 4.69) is 10.0 Å². The van der Waals surface area contributed by atoms with Gasteiger partial charge < -0.3 is 5.32 Å². The van der Waals surface area contributed by atoms with Crippen molar-refractivity contribution in [1.29, 1.82) is 0 Å². The zero-order valence-electron chi connectivity index (χ0n) is 8.88. The van der Waals surface area contributed by atoms with E-state index in [1.807, 2.05) is 14.0 Å². The molecule has 0 saturated carbocycles. The van der Waals surface area contributed by atoms with Gasteiger partial charge in [0.05, 0.1) is 5.75 Å². The van der Waals surface area contributed by atoms with E-state index < -0.39 is 10.0 Å². The predicted octanol–water partition coefficient (Wildman–Crippen LogP) is 0.737. The van der Waals surface area contributed by atoms with Gasteiger partial charge in [-0.1, -0.05) is 13.3 Å². The van der Waals surface area contributed by atoms with Crippen molar-refractivity contribution in [2.24, 2.45) is 0 Å². The van der Waals surface area contributed by atoms with E-state index in [-0.39, 0.29) is 18.2 Å². The summed E-state index contributed by atoms with van der Waals surface area (Å²) in [4.78, 5) is 0. The Labute approximate surface area is 93.3 Å². The fourth-order valence-electron chi connectivity index (χ4n) is 0.899. The van der Waals surface area contributed by atoms with Gasteiger partial charge in [-0.25, -0.2) is 13.1 Å². The Hall–Kier alpha value is 0.160. The fraction of sp³-hybridized carbons (Fsp3) is 1.00. The molecule has 0 saturated heterocycles. The number of halogens is 1. The molecule has 4 nitrogen and oxygen atoms in total. The van der Waals surface area contributed by atoms with Gasteiger partial charge >= 0.3 is 0 Å². The Kier molecular flexibility index (Phi) is 11.5. The first-order chi connectivity index (χ1) is 6.12. The Morgan fingerprint density at radius 2 is 1.79 bits per heavy atom. The minimum atomic E-state index is -3.00. The number of nitrogens with one attached hydrogen (secondary N) is 2. The van der Waals surface area contributed by atoms with Crippen LogP contribution in [0.5, 0.6) is 0 Å². The topological polar surface area (TPSA) is 58.2 Å². The maximum atomic E-state index is 11.2. The summed E-state index contributed by atoms with van der Waals surface area (Å²) in [6, 6.07) is 0. The number of hydrogen-bond donors (Lipinski definition) is 2. The summed E-state index contributed by atoms with van der Waals surface area (Å²) in [5.74, 6) is 0.253. The van der Waals surface area contributed by atoms with Crippen LogP contribution in [-0.4, -0.2) is 34.3 Å². The molecule has 14 heavy (non-hydrogen) atoms. The van der Waals surface area contributed by atoms with Crippen molar-refractivity contribution in [3.8, 4) is 0 Å². The van der Waals surface area contributed by atoms with E-state index in [9.17, 15) is 8.42 Å². The minimum absolute atomic E-state index is 0.